The molecule has 1 amide bonds. The van der Waals surface area contributed by atoms with Crippen LogP contribution in [-0.4, -0.2) is 26.9 Å². The zero-order chi connectivity index (χ0) is 15.8. The molecule has 0 saturated carbocycles. The summed E-state index contributed by atoms with van der Waals surface area (Å²) in [4.78, 5) is 18.3. The summed E-state index contributed by atoms with van der Waals surface area (Å²) in [6.07, 6.45) is 8.09. The molecule has 0 unspecified atom stereocenters. The summed E-state index contributed by atoms with van der Waals surface area (Å²) in [5.41, 5.74) is 3.42. The Morgan fingerprint density at radius 1 is 1.30 bits per heavy atom. The first-order chi connectivity index (χ1) is 11.2. The van der Waals surface area contributed by atoms with E-state index in [1.807, 2.05) is 36.3 Å². The molecule has 0 bridgehead atoms. The lowest BCUT2D eigenvalue weighted by Gasteiger charge is -2.30. The number of hydrogen-bond acceptors (Lipinski definition) is 2. The lowest BCUT2D eigenvalue weighted by atomic mass is 10.1. The van der Waals surface area contributed by atoms with E-state index in [4.69, 9.17) is 4.42 Å². The Balaban J connectivity index is 1.69. The van der Waals surface area contributed by atoms with Crippen molar-refractivity contribution in [1.29, 1.82) is 0 Å². The van der Waals surface area contributed by atoms with Gasteiger partial charge in [0.1, 0.15) is 5.69 Å². The Morgan fingerprint density at radius 3 is 3.00 bits per heavy atom. The predicted octanol–water partition coefficient (Wildman–Crippen LogP) is 3.86. The highest BCUT2D eigenvalue weighted by atomic mass is 16.3. The van der Waals surface area contributed by atoms with Crippen LogP contribution in [0.2, 0.25) is 0 Å². The van der Waals surface area contributed by atoms with E-state index < -0.39 is 0 Å². The molecule has 1 atom stereocenters. The number of nitrogens with zero attached hydrogens (tertiary/aromatic N) is 2. The van der Waals surface area contributed by atoms with Crippen molar-refractivity contribution >= 4 is 17.0 Å². The van der Waals surface area contributed by atoms with Gasteiger partial charge in [-0.2, -0.15) is 0 Å². The Kier molecular flexibility index (Phi) is 3.48. The first-order valence-electron chi connectivity index (χ1n) is 8.22. The van der Waals surface area contributed by atoms with E-state index in [1.54, 1.807) is 6.26 Å². The highest BCUT2D eigenvalue weighted by molar-refractivity contribution is 5.97. The number of rotatable bonds is 2. The maximum absolute atomic E-state index is 13.1. The standard InChI is InChI=1S/C18H21N3O2/c1-20-9-5-7-15(20)16-6-3-2-4-10-21(16)18(22)14-12-17-13(19-14)8-11-23-17/h5,7-9,11-12,16,19H,2-4,6,10H2,1H3/t16-/m0/s1. The molecule has 0 aliphatic carbocycles. The number of likely N-dealkylation sites (tertiary alicyclic amines) is 1. The Hall–Kier alpha value is -2.43. The van der Waals surface area contributed by atoms with E-state index in [0.29, 0.717) is 5.69 Å². The topological polar surface area (TPSA) is 54.2 Å². The van der Waals surface area contributed by atoms with Crippen LogP contribution in [0, 0.1) is 0 Å². The SMILES string of the molecule is Cn1cccc1[C@@H]1CCCCCN1C(=O)c1cc2occc2[nH]1. The van der Waals surface area contributed by atoms with Crippen molar-refractivity contribution in [1.82, 2.24) is 14.5 Å². The number of amides is 1. The van der Waals surface area contributed by atoms with Gasteiger partial charge in [0.25, 0.3) is 5.91 Å². The molecule has 5 heteroatoms. The molecule has 1 fully saturated rings. The van der Waals surface area contributed by atoms with Gasteiger partial charge in [-0.1, -0.05) is 12.8 Å². The van der Waals surface area contributed by atoms with Crippen LogP contribution in [0.4, 0.5) is 0 Å². The maximum Gasteiger partial charge on any atom is 0.270 e. The zero-order valence-corrected chi connectivity index (χ0v) is 13.3. The number of nitrogens with one attached hydrogen (secondary N) is 1. The number of carbonyl (C=O) groups is 1. The van der Waals surface area contributed by atoms with Crippen LogP contribution in [0.3, 0.4) is 0 Å². The van der Waals surface area contributed by atoms with E-state index in [9.17, 15) is 4.79 Å². The fraction of sp³-hybridized carbons (Fsp3) is 0.389. The van der Waals surface area contributed by atoms with Crippen molar-refractivity contribution in [3.8, 4) is 0 Å². The number of furan rings is 1. The van der Waals surface area contributed by atoms with Gasteiger partial charge in [-0.3, -0.25) is 4.79 Å². The summed E-state index contributed by atoms with van der Waals surface area (Å²) in [7, 11) is 2.05. The second-order valence-electron chi connectivity index (χ2n) is 6.29. The molecule has 120 valence electrons. The molecule has 23 heavy (non-hydrogen) atoms. The van der Waals surface area contributed by atoms with Crippen LogP contribution in [-0.2, 0) is 7.05 Å². The molecule has 0 spiro atoms. The normalized spacial score (nSPS) is 19.2. The van der Waals surface area contributed by atoms with Crippen LogP contribution in [0.15, 0.2) is 41.1 Å². The Morgan fingerprint density at radius 2 is 2.22 bits per heavy atom. The molecule has 3 aromatic heterocycles. The lowest BCUT2D eigenvalue weighted by molar-refractivity contribution is 0.0669. The third-order valence-corrected chi connectivity index (χ3v) is 4.81. The van der Waals surface area contributed by atoms with Crippen molar-refractivity contribution in [2.45, 2.75) is 31.7 Å². The zero-order valence-electron chi connectivity index (χ0n) is 13.3. The van der Waals surface area contributed by atoms with E-state index in [-0.39, 0.29) is 11.9 Å². The first kappa shape index (κ1) is 14.2. The van der Waals surface area contributed by atoms with Gasteiger partial charge in [0.2, 0.25) is 0 Å². The van der Waals surface area contributed by atoms with Gasteiger partial charge in [0.15, 0.2) is 5.58 Å². The van der Waals surface area contributed by atoms with Gasteiger partial charge in [-0.15, -0.1) is 0 Å². The second-order valence-corrected chi connectivity index (χ2v) is 6.29. The smallest absolute Gasteiger partial charge is 0.270 e. The predicted molar refractivity (Wildman–Crippen MR) is 88.2 cm³/mol. The highest BCUT2D eigenvalue weighted by Gasteiger charge is 2.29. The molecule has 5 nitrogen and oxygen atoms in total. The molecule has 0 aromatic carbocycles. The van der Waals surface area contributed by atoms with Crippen molar-refractivity contribution in [3.05, 3.63) is 48.1 Å². The van der Waals surface area contributed by atoms with Gasteiger partial charge in [0.05, 0.1) is 17.8 Å². The summed E-state index contributed by atoms with van der Waals surface area (Å²) >= 11 is 0. The monoisotopic (exact) mass is 311 g/mol. The summed E-state index contributed by atoms with van der Waals surface area (Å²) in [6.45, 7) is 0.801. The number of carbonyl (C=O) groups excluding carboxylic acids is 1. The van der Waals surface area contributed by atoms with Gasteiger partial charge >= 0.3 is 0 Å². The molecule has 3 aromatic rings. The lowest BCUT2D eigenvalue weighted by Crippen LogP contribution is -2.35. The van der Waals surface area contributed by atoms with Gasteiger partial charge in [0, 0.05) is 37.6 Å². The molecule has 1 saturated heterocycles. The quantitative estimate of drug-likeness (QED) is 0.781. The van der Waals surface area contributed by atoms with Crippen LogP contribution in [0.25, 0.3) is 11.1 Å². The summed E-state index contributed by atoms with van der Waals surface area (Å²) < 4.78 is 7.49. The molecular formula is C18H21N3O2. The van der Waals surface area contributed by atoms with Gasteiger partial charge in [-0.25, -0.2) is 0 Å². The van der Waals surface area contributed by atoms with Gasteiger partial charge < -0.3 is 18.9 Å². The van der Waals surface area contributed by atoms with Crippen molar-refractivity contribution in [2.24, 2.45) is 7.05 Å². The molecule has 0 radical (unpaired) electrons. The van der Waals surface area contributed by atoms with Crippen LogP contribution in [0.1, 0.15) is 47.9 Å². The average molecular weight is 311 g/mol. The number of hydrogen-bond donors (Lipinski definition) is 1. The van der Waals surface area contributed by atoms with E-state index in [2.05, 4.69) is 15.6 Å². The molecule has 1 N–H and O–H groups in total. The number of aromatic nitrogens is 2. The van der Waals surface area contributed by atoms with Crippen LogP contribution < -0.4 is 0 Å². The third-order valence-electron chi connectivity index (χ3n) is 4.81. The van der Waals surface area contributed by atoms with E-state index >= 15 is 0 Å². The summed E-state index contributed by atoms with van der Waals surface area (Å²) in [5.74, 6) is 0.0597. The molecule has 4 heterocycles. The summed E-state index contributed by atoms with van der Waals surface area (Å²) in [6, 6.07) is 7.97. The molecule has 4 rings (SSSR count). The fourth-order valence-electron chi connectivity index (χ4n) is 3.60. The van der Waals surface area contributed by atoms with E-state index in [1.165, 1.54) is 12.1 Å². The average Bonchev–Trinajstić information content (AvgIpc) is 3.19. The minimum absolute atomic E-state index is 0.0597. The minimum atomic E-state index is 0.0597. The molecular weight excluding hydrogens is 290 g/mol. The molecule has 1 aliphatic rings. The van der Waals surface area contributed by atoms with Crippen molar-refractivity contribution in [2.75, 3.05) is 6.54 Å². The highest BCUT2D eigenvalue weighted by Crippen LogP contribution is 2.31. The van der Waals surface area contributed by atoms with Crippen LogP contribution >= 0.6 is 0 Å². The Bertz CT molecular complexity index is 798. The second kappa shape index (κ2) is 5.65. The Labute approximate surface area is 134 Å². The number of aryl methyl sites for hydroxylation is 1. The summed E-state index contributed by atoms with van der Waals surface area (Å²) in [5, 5.41) is 0. The number of H-pyrrole nitrogens is 1. The first-order valence-corrected chi connectivity index (χ1v) is 8.22. The van der Waals surface area contributed by atoms with Crippen molar-refractivity contribution in [3.63, 3.8) is 0 Å². The third kappa shape index (κ3) is 2.46. The molecule has 1 aliphatic heterocycles. The van der Waals surface area contributed by atoms with Crippen LogP contribution in [0.5, 0.6) is 0 Å². The fourth-order valence-corrected chi connectivity index (χ4v) is 3.60. The van der Waals surface area contributed by atoms with E-state index in [0.717, 1.165) is 36.9 Å². The minimum Gasteiger partial charge on any atom is -0.463 e. The number of aromatic amines is 1. The van der Waals surface area contributed by atoms with Gasteiger partial charge in [-0.05, 0) is 25.0 Å². The largest absolute Gasteiger partial charge is 0.463 e. The van der Waals surface area contributed by atoms with Crippen molar-refractivity contribution < 1.29 is 9.21 Å². The maximum atomic E-state index is 13.1. The number of fused-ring (bicyclic) bond motifs is 1.